The van der Waals surface area contributed by atoms with Gasteiger partial charge in [0, 0.05) is 19.4 Å². The van der Waals surface area contributed by atoms with Gasteiger partial charge in [-0.25, -0.2) is 4.79 Å². The molecule has 320 valence electrons. The molecule has 1 aliphatic carbocycles. The molecule has 15 nitrogen and oxygen atoms in total. The molecular weight excluding hydrogens is 759 g/mol. The minimum Gasteiger partial charge on any atom is -0.491 e. The number of hydrogen-bond donors (Lipinski definition) is 4. The number of nitrogens with zero attached hydrogens (tertiary/aromatic N) is 1. The van der Waals surface area contributed by atoms with E-state index < -0.39 is 71.9 Å². The molecule has 5 amide bonds. The molecule has 1 saturated carbocycles. The monoisotopic (exact) mass is 817 g/mol. The van der Waals surface area contributed by atoms with Crippen molar-refractivity contribution in [3.8, 4) is 5.75 Å². The van der Waals surface area contributed by atoms with Crippen LogP contribution in [0.4, 0.5) is 0 Å². The molecule has 0 spiro atoms. The highest BCUT2D eigenvalue weighted by atomic mass is 16.6. The molecule has 2 aromatic carbocycles. The normalized spacial score (nSPS) is 21.6. The maximum atomic E-state index is 14.5. The fourth-order valence-electron chi connectivity index (χ4n) is 7.83. The van der Waals surface area contributed by atoms with Crippen molar-refractivity contribution < 1.29 is 47.8 Å². The van der Waals surface area contributed by atoms with Crippen molar-refractivity contribution >= 4 is 41.3 Å². The Kier molecular flexibility index (Phi) is 16.0. The molecule has 4 bridgehead atoms. The van der Waals surface area contributed by atoms with E-state index in [1.807, 2.05) is 24.3 Å². The first kappa shape index (κ1) is 44.8. The van der Waals surface area contributed by atoms with Gasteiger partial charge in [0.1, 0.15) is 30.0 Å². The molecule has 1 saturated heterocycles. The fraction of sp³-hybridized carbons (Fsp3) is 0.568. The summed E-state index contributed by atoms with van der Waals surface area (Å²) in [5.74, 6) is -4.26. The molecule has 0 radical (unpaired) electrons. The molecule has 3 aliphatic rings. The number of fused-ring (bicyclic) bond motifs is 4. The first-order valence-electron chi connectivity index (χ1n) is 20.8. The quantitative estimate of drug-likeness (QED) is 0.182. The van der Waals surface area contributed by atoms with Crippen molar-refractivity contribution in [1.82, 2.24) is 26.2 Å². The number of nitrogens with one attached hydrogen (secondary N) is 4. The molecule has 2 heterocycles. The van der Waals surface area contributed by atoms with Gasteiger partial charge in [0.05, 0.1) is 25.3 Å². The summed E-state index contributed by atoms with van der Waals surface area (Å²) in [6.07, 6.45) is 5.15. The van der Waals surface area contributed by atoms with Gasteiger partial charge in [-0.3, -0.25) is 28.8 Å². The number of carbonyl (C=O) groups excluding carboxylic acids is 7. The van der Waals surface area contributed by atoms with Crippen LogP contribution in [0.2, 0.25) is 0 Å². The summed E-state index contributed by atoms with van der Waals surface area (Å²) in [5, 5.41) is 10.6. The Morgan fingerprint density at radius 3 is 2.39 bits per heavy atom. The van der Waals surface area contributed by atoms with Gasteiger partial charge in [0.2, 0.25) is 29.4 Å². The molecule has 1 unspecified atom stereocenters. The summed E-state index contributed by atoms with van der Waals surface area (Å²) in [6, 6.07) is 11.7. The topological polar surface area (TPSA) is 199 Å². The van der Waals surface area contributed by atoms with Crippen LogP contribution in [0, 0.1) is 5.92 Å². The number of rotatable bonds is 12. The van der Waals surface area contributed by atoms with Gasteiger partial charge >= 0.3 is 5.97 Å². The average Bonchev–Trinajstić information content (AvgIpc) is 3.65. The third-order valence-corrected chi connectivity index (χ3v) is 10.7. The number of ether oxygens (including phenoxy) is 3. The van der Waals surface area contributed by atoms with Crippen LogP contribution in [0.1, 0.15) is 103 Å². The van der Waals surface area contributed by atoms with Gasteiger partial charge < -0.3 is 40.4 Å². The summed E-state index contributed by atoms with van der Waals surface area (Å²) in [6.45, 7) is 6.77. The lowest BCUT2D eigenvalue weighted by molar-refractivity contribution is -0.158. The van der Waals surface area contributed by atoms with Crippen LogP contribution in [-0.4, -0.2) is 102 Å². The van der Waals surface area contributed by atoms with E-state index in [9.17, 15) is 33.6 Å². The Morgan fingerprint density at radius 2 is 1.68 bits per heavy atom. The molecule has 15 heteroatoms. The Hall–Kier alpha value is -5.31. The van der Waals surface area contributed by atoms with Crippen molar-refractivity contribution in [1.29, 1.82) is 0 Å². The van der Waals surface area contributed by atoms with Gasteiger partial charge in [-0.05, 0) is 75.6 Å². The SMILES string of the molecule is CCCC(NC(=O)[C@@H]1C[C@@H]2CN1C(=O)[C@H](C1CCCCC1)NC(=O)CCc1cccc(c1)OCCO2)C(=O)C(=O)NCC(=O)N[C@H](C(=O)OC(C)(C)C)c1ccccc1. The predicted octanol–water partition coefficient (Wildman–Crippen LogP) is 3.23. The van der Waals surface area contributed by atoms with E-state index in [2.05, 4.69) is 21.3 Å². The Morgan fingerprint density at radius 1 is 0.932 bits per heavy atom. The van der Waals surface area contributed by atoms with Crippen LogP contribution in [0.15, 0.2) is 54.6 Å². The maximum absolute atomic E-state index is 14.5. The molecule has 2 aromatic rings. The molecular formula is C44H59N5O10. The summed E-state index contributed by atoms with van der Waals surface area (Å²) < 4.78 is 17.5. The van der Waals surface area contributed by atoms with E-state index in [4.69, 9.17) is 14.2 Å². The molecule has 5 atom stereocenters. The van der Waals surface area contributed by atoms with E-state index in [0.717, 1.165) is 37.7 Å². The van der Waals surface area contributed by atoms with Crippen molar-refractivity contribution in [2.24, 2.45) is 5.92 Å². The van der Waals surface area contributed by atoms with Crippen LogP contribution < -0.4 is 26.0 Å². The van der Waals surface area contributed by atoms with Crippen LogP contribution in [0.25, 0.3) is 0 Å². The summed E-state index contributed by atoms with van der Waals surface area (Å²) in [5.41, 5.74) is 0.567. The third kappa shape index (κ3) is 13.1. The second-order valence-corrected chi connectivity index (χ2v) is 16.5. The number of hydrogen-bond acceptors (Lipinski definition) is 10. The van der Waals surface area contributed by atoms with E-state index in [1.165, 1.54) is 4.90 Å². The number of esters is 1. The first-order valence-corrected chi connectivity index (χ1v) is 20.8. The van der Waals surface area contributed by atoms with E-state index in [-0.39, 0.29) is 56.8 Å². The van der Waals surface area contributed by atoms with Crippen LogP contribution in [0.5, 0.6) is 5.75 Å². The molecule has 2 fully saturated rings. The summed E-state index contributed by atoms with van der Waals surface area (Å²) >= 11 is 0. The van der Waals surface area contributed by atoms with Crippen molar-refractivity contribution in [2.75, 3.05) is 26.3 Å². The van der Waals surface area contributed by atoms with Gasteiger partial charge in [-0.15, -0.1) is 0 Å². The number of amides is 5. The number of Topliss-reactive ketones (excluding diaryl/α,β-unsaturated/α-hetero) is 1. The Bertz CT molecular complexity index is 1810. The number of benzene rings is 2. The van der Waals surface area contributed by atoms with Crippen LogP contribution in [-0.2, 0) is 49.5 Å². The van der Waals surface area contributed by atoms with Crippen molar-refractivity contribution in [2.45, 2.75) is 128 Å². The Balaban J connectivity index is 1.27. The smallest absolute Gasteiger partial charge is 0.333 e. The predicted molar refractivity (Wildman–Crippen MR) is 217 cm³/mol. The van der Waals surface area contributed by atoms with Gasteiger partial charge in [-0.2, -0.15) is 0 Å². The minimum absolute atomic E-state index is 0.0841. The Labute approximate surface area is 346 Å². The van der Waals surface area contributed by atoms with Crippen molar-refractivity contribution in [3.63, 3.8) is 0 Å². The van der Waals surface area contributed by atoms with E-state index in [0.29, 0.717) is 24.2 Å². The molecule has 59 heavy (non-hydrogen) atoms. The summed E-state index contributed by atoms with van der Waals surface area (Å²) in [7, 11) is 0. The number of carbonyl (C=O) groups is 7. The standard InChI is InChI=1S/C44H59N5O10/c1-5-13-33(39(52)41(54)45-26-36(51)48-38(30-17-10-7-11-18-30)43(56)59-44(2,3)4)46-40(53)34-25-32-27-49(34)42(55)37(29-15-8-6-9-16-29)47-35(50)21-20-28-14-12-19-31(24-28)57-22-23-58-32/h7,10-12,14,17-19,24,29,32-34,37-38H,5-6,8-9,13,15-16,20-23,25-27H2,1-4H3,(H,45,54)(H,46,53)(H,47,50)(H,48,51)/t32-,33?,34+,37+,38+/m1/s1. The highest BCUT2D eigenvalue weighted by Gasteiger charge is 2.45. The van der Waals surface area contributed by atoms with Gasteiger partial charge in [0.15, 0.2) is 6.04 Å². The lowest BCUT2D eigenvalue weighted by atomic mass is 9.83. The van der Waals surface area contributed by atoms with Gasteiger partial charge in [-0.1, -0.05) is 75.1 Å². The summed E-state index contributed by atoms with van der Waals surface area (Å²) in [4.78, 5) is 96.3. The zero-order valence-electron chi connectivity index (χ0n) is 34.6. The van der Waals surface area contributed by atoms with Gasteiger partial charge in [0.25, 0.3) is 5.91 Å². The lowest BCUT2D eigenvalue weighted by Crippen LogP contribution is -2.58. The molecule has 4 N–H and O–H groups in total. The zero-order valence-corrected chi connectivity index (χ0v) is 34.6. The zero-order chi connectivity index (χ0) is 42.5. The fourth-order valence-corrected chi connectivity index (χ4v) is 7.83. The lowest BCUT2D eigenvalue weighted by Gasteiger charge is -2.35. The number of aryl methyl sites for hydroxylation is 1. The van der Waals surface area contributed by atoms with E-state index >= 15 is 0 Å². The van der Waals surface area contributed by atoms with Crippen LogP contribution in [0.3, 0.4) is 0 Å². The average molecular weight is 818 g/mol. The molecule has 5 rings (SSSR count). The molecule has 2 aliphatic heterocycles. The van der Waals surface area contributed by atoms with E-state index in [1.54, 1.807) is 58.0 Å². The minimum atomic E-state index is -1.26. The van der Waals surface area contributed by atoms with Crippen molar-refractivity contribution in [3.05, 3.63) is 65.7 Å². The largest absolute Gasteiger partial charge is 0.491 e. The second kappa shape index (κ2) is 21.1. The molecule has 0 aromatic heterocycles. The van der Waals surface area contributed by atoms with Crippen LogP contribution >= 0.6 is 0 Å². The highest BCUT2D eigenvalue weighted by molar-refractivity contribution is 6.38. The maximum Gasteiger partial charge on any atom is 0.333 e. The first-order chi connectivity index (χ1) is 28.2. The highest BCUT2D eigenvalue weighted by Crippen LogP contribution is 2.30. The second-order valence-electron chi connectivity index (χ2n) is 16.5. The third-order valence-electron chi connectivity index (χ3n) is 10.7. The number of ketones is 1.